The number of ether oxygens (including phenoxy) is 1. The van der Waals surface area contributed by atoms with Crippen molar-refractivity contribution < 1.29 is 18.8 Å². The fourth-order valence-corrected chi connectivity index (χ4v) is 2.83. The molecule has 1 aromatic carbocycles. The van der Waals surface area contributed by atoms with E-state index in [4.69, 9.17) is 9.15 Å². The summed E-state index contributed by atoms with van der Waals surface area (Å²) in [5.41, 5.74) is 1.26. The molecule has 0 saturated carbocycles. The highest BCUT2D eigenvalue weighted by molar-refractivity contribution is 5.91. The zero-order valence-corrected chi connectivity index (χ0v) is 12.7. The van der Waals surface area contributed by atoms with Crippen molar-refractivity contribution in [2.75, 3.05) is 33.3 Å². The van der Waals surface area contributed by atoms with Crippen LogP contribution < -0.4 is 9.64 Å². The highest BCUT2D eigenvalue weighted by atomic mass is 16.5. The van der Waals surface area contributed by atoms with Crippen LogP contribution in [0.5, 0.6) is 5.75 Å². The van der Waals surface area contributed by atoms with Crippen molar-refractivity contribution in [3.05, 3.63) is 54.0 Å². The van der Waals surface area contributed by atoms with Gasteiger partial charge in [-0.15, -0.1) is 0 Å². The van der Waals surface area contributed by atoms with Crippen molar-refractivity contribution in [3.8, 4) is 5.75 Å². The molecule has 0 aliphatic carbocycles. The van der Waals surface area contributed by atoms with Crippen molar-refractivity contribution in [2.24, 2.45) is 0 Å². The Morgan fingerprint density at radius 3 is 2.77 bits per heavy atom. The molecule has 0 atom stereocenters. The number of piperazine rings is 1. The molecular weight excluding hydrogens is 280 g/mol. The van der Waals surface area contributed by atoms with Gasteiger partial charge in [-0.1, -0.05) is 12.1 Å². The second kappa shape index (κ2) is 6.66. The Morgan fingerprint density at radius 2 is 2.09 bits per heavy atom. The van der Waals surface area contributed by atoms with Crippen LogP contribution in [0.4, 0.5) is 0 Å². The third-order valence-corrected chi connectivity index (χ3v) is 4.08. The number of carbonyl (C=O) groups excluding carboxylic acids is 1. The van der Waals surface area contributed by atoms with Crippen LogP contribution in [-0.4, -0.2) is 44.1 Å². The average molecular weight is 301 g/mol. The minimum atomic E-state index is -0.00886. The van der Waals surface area contributed by atoms with Crippen LogP contribution in [0, 0.1) is 0 Å². The molecule has 1 aliphatic heterocycles. The van der Waals surface area contributed by atoms with E-state index in [1.54, 1.807) is 19.2 Å². The first-order chi connectivity index (χ1) is 10.8. The lowest BCUT2D eigenvalue weighted by molar-refractivity contribution is -0.917. The molecule has 1 aromatic heterocycles. The first kappa shape index (κ1) is 14.7. The molecule has 1 amide bonds. The molecule has 1 N–H and O–H groups in total. The van der Waals surface area contributed by atoms with E-state index < -0.39 is 0 Å². The molecule has 3 rings (SSSR count). The lowest BCUT2D eigenvalue weighted by Crippen LogP contribution is -3.13. The number of nitrogens with one attached hydrogen (secondary N) is 1. The van der Waals surface area contributed by atoms with E-state index in [9.17, 15) is 4.79 Å². The number of carbonyl (C=O) groups is 1. The first-order valence-electron chi connectivity index (χ1n) is 7.55. The number of furan rings is 1. The molecule has 116 valence electrons. The molecular formula is C17H21N2O3+. The molecule has 1 aliphatic rings. The smallest absolute Gasteiger partial charge is 0.289 e. The van der Waals surface area contributed by atoms with Gasteiger partial charge >= 0.3 is 0 Å². The van der Waals surface area contributed by atoms with E-state index in [0.717, 1.165) is 38.5 Å². The number of quaternary nitrogens is 1. The lowest BCUT2D eigenvalue weighted by atomic mass is 10.2. The summed E-state index contributed by atoms with van der Waals surface area (Å²) >= 11 is 0. The summed E-state index contributed by atoms with van der Waals surface area (Å²) in [5, 5.41) is 0. The summed E-state index contributed by atoms with van der Waals surface area (Å²) in [4.78, 5) is 15.6. The Labute approximate surface area is 130 Å². The molecule has 5 heteroatoms. The van der Waals surface area contributed by atoms with E-state index in [1.807, 2.05) is 17.0 Å². The molecule has 0 bridgehead atoms. The van der Waals surface area contributed by atoms with Gasteiger partial charge in [-0.3, -0.25) is 4.79 Å². The maximum absolute atomic E-state index is 12.2. The topological polar surface area (TPSA) is 47.1 Å². The van der Waals surface area contributed by atoms with Crippen LogP contribution in [0.25, 0.3) is 0 Å². The largest absolute Gasteiger partial charge is 0.497 e. The van der Waals surface area contributed by atoms with Crippen LogP contribution in [-0.2, 0) is 6.54 Å². The standard InChI is InChI=1S/C17H20N2O3/c1-21-15-5-2-4-14(12-15)13-18-7-9-19(10-8-18)17(20)16-6-3-11-22-16/h2-6,11-12H,7-10,13H2,1H3/p+1. The molecule has 0 radical (unpaired) electrons. The van der Waals surface area contributed by atoms with Crippen molar-refractivity contribution in [1.29, 1.82) is 0 Å². The minimum absolute atomic E-state index is 0.00886. The van der Waals surface area contributed by atoms with Gasteiger partial charge in [0.2, 0.25) is 0 Å². The third kappa shape index (κ3) is 3.31. The second-order valence-corrected chi connectivity index (χ2v) is 5.55. The van der Waals surface area contributed by atoms with Gasteiger partial charge in [-0.2, -0.15) is 0 Å². The molecule has 0 spiro atoms. The predicted molar refractivity (Wildman–Crippen MR) is 82.0 cm³/mol. The summed E-state index contributed by atoms with van der Waals surface area (Å²) in [6.45, 7) is 4.38. The zero-order chi connectivity index (χ0) is 15.4. The predicted octanol–water partition coefficient (Wildman–Crippen LogP) is 0.829. The normalized spacial score (nSPS) is 15.8. The number of benzene rings is 1. The molecule has 5 nitrogen and oxygen atoms in total. The Balaban J connectivity index is 1.54. The number of rotatable bonds is 4. The van der Waals surface area contributed by atoms with Gasteiger partial charge in [0.15, 0.2) is 5.76 Å². The van der Waals surface area contributed by atoms with E-state index in [1.165, 1.54) is 16.7 Å². The van der Waals surface area contributed by atoms with E-state index in [-0.39, 0.29) is 5.91 Å². The highest BCUT2D eigenvalue weighted by Crippen LogP contribution is 2.11. The Bertz CT molecular complexity index is 617. The highest BCUT2D eigenvalue weighted by Gasteiger charge is 2.25. The monoisotopic (exact) mass is 301 g/mol. The minimum Gasteiger partial charge on any atom is -0.497 e. The SMILES string of the molecule is COc1cccc(C[NH+]2CCN(C(=O)c3ccco3)CC2)c1. The summed E-state index contributed by atoms with van der Waals surface area (Å²) in [5.74, 6) is 1.31. The number of methoxy groups -OCH3 is 1. The third-order valence-electron chi connectivity index (χ3n) is 4.08. The summed E-state index contributed by atoms with van der Waals surface area (Å²) in [7, 11) is 1.69. The Morgan fingerprint density at radius 1 is 1.27 bits per heavy atom. The van der Waals surface area contributed by atoms with Crippen molar-refractivity contribution in [2.45, 2.75) is 6.54 Å². The van der Waals surface area contributed by atoms with Crippen LogP contribution in [0.2, 0.25) is 0 Å². The van der Waals surface area contributed by atoms with Gasteiger partial charge in [0, 0.05) is 5.56 Å². The molecule has 22 heavy (non-hydrogen) atoms. The Hall–Kier alpha value is -2.27. The van der Waals surface area contributed by atoms with Gasteiger partial charge in [0.1, 0.15) is 12.3 Å². The molecule has 1 fully saturated rings. The average Bonchev–Trinajstić information content (AvgIpc) is 3.09. The number of hydrogen-bond acceptors (Lipinski definition) is 3. The maximum atomic E-state index is 12.2. The van der Waals surface area contributed by atoms with Crippen molar-refractivity contribution >= 4 is 5.91 Å². The van der Waals surface area contributed by atoms with Crippen LogP contribution in [0.1, 0.15) is 16.1 Å². The Kier molecular flexibility index (Phi) is 4.44. The first-order valence-corrected chi connectivity index (χ1v) is 7.55. The molecule has 1 saturated heterocycles. The summed E-state index contributed by atoms with van der Waals surface area (Å²) < 4.78 is 10.4. The van der Waals surface area contributed by atoms with Gasteiger partial charge in [-0.25, -0.2) is 0 Å². The summed E-state index contributed by atoms with van der Waals surface area (Å²) in [6, 6.07) is 11.6. The zero-order valence-electron chi connectivity index (χ0n) is 12.7. The van der Waals surface area contributed by atoms with Crippen molar-refractivity contribution in [1.82, 2.24) is 4.90 Å². The number of hydrogen-bond donors (Lipinski definition) is 1. The van der Waals surface area contributed by atoms with Crippen LogP contribution >= 0.6 is 0 Å². The molecule has 2 heterocycles. The fraction of sp³-hybridized carbons (Fsp3) is 0.353. The van der Waals surface area contributed by atoms with Gasteiger partial charge in [0.25, 0.3) is 5.91 Å². The van der Waals surface area contributed by atoms with Gasteiger partial charge in [0.05, 0.1) is 39.6 Å². The van der Waals surface area contributed by atoms with Crippen LogP contribution in [0.15, 0.2) is 47.1 Å². The molecule has 2 aromatic rings. The van der Waals surface area contributed by atoms with E-state index in [2.05, 4.69) is 12.1 Å². The van der Waals surface area contributed by atoms with Crippen LogP contribution in [0.3, 0.4) is 0 Å². The van der Waals surface area contributed by atoms with Gasteiger partial charge in [-0.05, 0) is 24.3 Å². The van der Waals surface area contributed by atoms with E-state index in [0.29, 0.717) is 5.76 Å². The quantitative estimate of drug-likeness (QED) is 0.910. The maximum Gasteiger partial charge on any atom is 0.289 e. The second-order valence-electron chi connectivity index (χ2n) is 5.55. The van der Waals surface area contributed by atoms with Crippen molar-refractivity contribution in [3.63, 3.8) is 0 Å². The van der Waals surface area contributed by atoms with E-state index >= 15 is 0 Å². The number of nitrogens with zero attached hydrogens (tertiary/aromatic N) is 1. The molecule has 0 unspecified atom stereocenters. The van der Waals surface area contributed by atoms with Gasteiger partial charge < -0.3 is 19.0 Å². The summed E-state index contributed by atoms with van der Waals surface area (Å²) in [6.07, 6.45) is 1.54. The lowest BCUT2D eigenvalue weighted by Gasteiger charge is -2.31. The fourth-order valence-electron chi connectivity index (χ4n) is 2.83. The number of amides is 1.